The Hall–Kier alpha value is -1.33. The minimum atomic E-state index is -0.346. The molecule has 0 spiro atoms. The van der Waals surface area contributed by atoms with E-state index in [4.69, 9.17) is 21.1 Å². The van der Waals surface area contributed by atoms with Gasteiger partial charge < -0.3 is 9.47 Å². The maximum Gasteiger partial charge on any atom is 0.192 e. The number of ether oxygens (including phenoxy) is 2. The predicted octanol–water partition coefficient (Wildman–Crippen LogP) is 4.36. The third-order valence-electron chi connectivity index (χ3n) is 3.18. The molecule has 1 aliphatic rings. The standard InChI is InChI=1S/C15H14BrClN2O2/c1-2-5-9-13(16)14(17)19-15(18-9)12-8-20-10-6-3-4-7-11(10)21-12/h3-4,6-7,12H,2,5,8H2,1H3. The molecule has 0 radical (unpaired) electrons. The van der Waals surface area contributed by atoms with Gasteiger partial charge in [0.05, 0.1) is 10.2 Å². The largest absolute Gasteiger partial charge is 0.485 e. The molecule has 0 N–H and O–H groups in total. The van der Waals surface area contributed by atoms with E-state index in [0.29, 0.717) is 23.3 Å². The zero-order valence-electron chi connectivity index (χ0n) is 11.5. The van der Waals surface area contributed by atoms with Gasteiger partial charge in [-0.15, -0.1) is 0 Å². The van der Waals surface area contributed by atoms with Crippen LogP contribution in [0.25, 0.3) is 0 Å². The van der Waals surface area contributed by atoms with E-state index >= 15 is 0 Å². The molecular formula is C15H14BrClN2O2. The fourth-order valence-electron chi connectivity index (χ4n) is 2.17. The monoisotopic (exact) mass is 368 g/mol. The Bertz CT molecular complexity index is 666. The summed E-state index contributed by atoms with van der Waals surface area (Å²) >= 11 is 9.62. The molecule has 2 heterocycles. The summed E-state index contributed by atoms with van der Waals surface area (Å²) in [5.74, 6) is 2.00. The van der Waals surface area contributed by atoms with Gasteiger partial charge in [-0.25, -0.2) is 9.97 Å². The number of nitrogens with zero attached hydrogens (tertiary/aromatic N) is 2. The summed E-state index contributed by atoms with van der Waals surface area (Å²) in [6.45, 7) is 2.47. The Labute approximate surface area is 136 Å². The summed E-state index contributed by atoms with van der Waals surface area (Å²) in [4.78, 5) is 8.89. The average molecular weight is 370 g/mol. The predicted molar refractivity (Wildman–Crippen MR) is 84.0 cm³/mol. The Balaban J connectivity index is 1.91. The molecule has 0 saturated heterocycles. The van der Waals surface area contributed by atoms with Crippen LogP contribution >= 0.6 is 27.5 Å². The number of hydrogen-bond acceptors (Lipinski definition) is 4. The molecule has 0 bridgehead atoms. The number of rotatable bonds is 3. The number of aryl methyl sites for hydroxylation is 1. The van der Waals surface area contributed by atoms with Crippen LogP contribution in [-0.4, -0.2) is 16.6 Å². The van der Waals surface area contributed by atoms with Gasteiger partial charge in [-0.1, -0.05) is 37.1 Å². The zero-order valence-corrected chi connectivity index (χ0v) is 13.8. The molecule has 110 valence electrons. The first-order valence-electron chi connectivity index (χ1n) is 6.79. The molecule has 1 atom stereocenters. The SMILES string of the molecule is CCCc1nc(C2COc3ccccc3O2)nc(Cl)c1Br. The van der Waals surface area contributed by atoms with E-state index in [2.05, 4.69) is 32.8 Å². The van der Waals surface area contributed by atoms with Gasteiger partial charge in [0.25, 0.3) is 0 Å². The van der Waals surface area contributed by atoms with Crippen LogP contribution in [0.1, 0.15) is 31.0 Å². The van der Waals surface area contributed by atoms with E-state index in [1.165, 1.54) is 0 Å². The highest BCUT2D eigenvalue weighted by atomic mass is 79.9. The topological polar surface area (TPSA) is 44.2 Å². The van der Waals surface area contributed by atoms with E-state index < -0.39 is 0 Å². The fourth-order valence-corrected chi connectivity index (χ4v) is 2.75. The minimum absolute atomic E-state index is 0.346. The summed E-state index contributed by atoms with van der Waals surface area (Å²) in [6.07, 6.45) is 1.47. The van der Waals surface area contributed by atoms with Crippen molar-refractivity contribution in [3.63, 3.8) is 0 Å². The summed E-state index contributed by atoms with van der Waals surface area (Å²) in [5, 5.41) is 0.408. The second-order valence-corrected chi connectivity index (χ2v) is 5.90. The van der Waals surface area contributed by atoms with Gasteiger partial charge in [0.1, 0.15) is 11.8 Å². The molecular weight excluding hydrogens is 356 g/mol. The lowest BCUT2D eigenvalue weighted by atomic mass is 10.2. The highest BCUT2D eigenvalue weighted by molar-refractivity contribution is 9.10. The van der Waals surface area contributed by atoms with Gasteiger partial charge in [-0.3, -0.25) is 0 Å². The Morgan fingerprint density at radius 3 is 2.81 bits per heavy atom. The molecule has 0 saturated carbocycles. The van der Waals surface area contributed by atoms with Crippen LogP contribution in [-0.2, 0) is 6.42 Å². The normalized spacial score (nSPS) is 16.8. The third-order valence-corrected chi connectivity index (χ3v) is 4.52. The van der Waals surface area contributed by atoms with Gasteiger partial charge in [-0.2, -0.15) is 0 Å². The lowest BCUT2D eigenvalue weighted by molar-refractivity contribution is 0.0848. The molecule has 0 amide bonds. The van der Waals surface area contributed by atoms with E-state index in [-0.39, 0.29) is 6.10 Å². The van der Waals surface area contributed by atoms with E-state index in [1.54, 1.807) is 0 Å². The molecule has 1 aromatic carbocycles. The van der Waals surface area contributed by atoms with Crippen LogP contribution in [0.5, 0.6) is 11.5 Å². The van der Waals surface area contributed by atoms with Crippen LogP contribution in [0.2, 0.25) is 5.15 Å². The first kappa shape index (κ1) is 14.6. The van der Waals surface area contributed by atoms with Crippen LogP contribution in [0.15, 0.2) is 28.7 Å². The molecule has 3 rings (SSSR count). The van der Waals surface area contributed by atoms with Crippen molar-refractivity contribution in [1.82, 2.24) is 9.97 Å². The van der Waals surface area contributed by atoms with Crippen molar-refractivity contribution in [1.29, 1.82) is 0 Å². The van der Waals surface area contributed by atoms with E-state index in [1.807, 2.05) is 24.3 Å². The van der Waals surface area contributed by atoms with Crippen LogP contribution < -0.4 is 9.47 Å². The molecule has 6 heteroatoms. The zero-order chi connectivity index (χ0) is 14.8. The Morgan fingerprint density at radius 2 is 2.05 bits per heavy atom. The second kappa shape index (κ2) is 6.20. The maximum absolute atomic E-state index is 6.18. The molecule has 2 aromatic rings. The van der Waals surface area contributed by atoms with Crippen molar-refractivity contribution >= 4 is 27.5 Å². The molecule has 1 unspecified atom stereocenters. The highest BCUT2D eigenvalue weighted by Crippen LogP contribution is 2.36. The number of para-hydroxylation sites is 2. The smallest absolute Gasteiger partial charge is 0.192 e. The number of aromatic nitrogens is 2. The average Bonchev–Trinajstić information content (AvgIpc) is 2.51. The van der Waals surface area contributed by atoms with Gasteiger partial charge in [-0.05, 0) is 34.5 Å². The molecule has 1 aromatic heterocycles. The number of halogens is 2. The highest BCUT2D eigenvalue weighted by Gasteiger charge is 2.26. The van der Waals surface area contributed by atoms with Crippen LogP contribution in [0.3, 0.4) is 0 Å². The molecule has 1 aliphatic heterocycles. The third kappa shape index (κ3) is 2.99. The van der Waals surface area contributed by atoms with Crippen molar-refractivity contribution in [3.05, 3.63) is 45.4 Å². The van der Waals surface area contributed by atoms with Gasteiger partial charge in [0.15, 0.2) is 23.4 Å². The fraction of sp³-hybridized carbons (Fsp3) is 0.333. The lowest BCUT2D eigenvalue weighted by Crippen LogP contribution is -2.24. The van der Waals surface area contributed by atoms with Crippen molar-refractivity contribution in [2.24, 2.45) is 0 Å². The van der Waals surface area contributed by atoms with E-state index in [9.17, 15) is 0 Å². The van der Waals surface area contributed by atoms with Crippen LogP contribution in [0, 0.1) is 0 Å². The van der Waals surface area contributed by atoms with Gasteiger partial charge in [0.2, 0.25) is 0 Å². The second-order valence-electron chi connectivity index (χ2n) is 4.75. The maximum atomic E-state index is 6.18. The first-order valence-corrected chi connectivity index (χ1v) is 7.96. The van der Waals surface area contributed by atoms with E-state index in [0.717, 1.165) is 28.8 Å². The molecule has 4 nitrogen and oxygen atoms in total. The molecule has 21 heavy (non-hydrogen) atoms. The minimum Gasteiger partial charge on any atom is -0.485 e. The number of fused-ring (bicyclic) bond motifs is 1. The quantitative estimate of drug-likeness (QED) is 0.754. The summed E-state index contributed by atoms with van der Waals surface area (Å²) in [6, 6.07) is 7.57. The molecule has 0 aliphatic carbocycles. The van der Waals surface area contributed by atoms with Crippen molar-refractivity contribution < 1.29 is 9.47 Å². The summed E-state index contributed by atoms with van der Waals surface area (Å²) in [5.41, 5.74) is 0.898. The van der Waals surface area contributed by atoms with Crippen LogP contribution in [0.4, 0.5) is 0 Å². The number of hydrogen-bond donors (Lipinski definition) is 0. The van der Waals surface area contributed by atoms with Gasteiger partial charge in [0, 0.05) is 0 Å². The van der Waals surface area contributed by atoms with Gasteiger partial charge >= 0.3 is 0 Å². The van der Waals surface area contributed by atoms with Crippen molar-refractivity contribution in [2.75, 3.05) is 6.61 Å². The van der Waals surface area contributed by atoms with Crippen molar-refractivity contribution in [2.45, 2.75) is 25.9 Å². The Morgan fingerprint density at radius 1 is 1.29 bits per heavy atom. The lowest BCUT2D eigenvalue weighted by Gasteiger charge is -2.25. The summed E-state index contributed by atoms with van der Waals surface area (Å²) in [7, 11) is 0. The molecule has 0 fully saturated rings. The first-order chi connectivity index (χ1) is 10.2. The summed E-state index contributed by atoms with van der Waals surface area (Å²) < 4.78 is 12.4. The Kier molecular flexibility index (Phi) is 4.31. The number of benzene rings is 1. The van der Waals surface area contributed by atoms with Crippen molar-refractivity contribution in [3.8, 4) is 11.5 Å².